The summed E-state index contributed by atoms with van der Waals surface area (Å²) in [6.45, 7) is 2.27. The van der Waals surface area contributed by atoms with Crippen LogP contribution in [0.25, 0.3) is 0 Å². The van der Waals surface area contributed by atoms with Crippen LogP contribution in [0.3, 0.4) is 0 Å². The molecule has 1 aliphatic heterocycles. The van der Waals surface area contributed by atoms with Gasteiger partial charge in [0.15, 0.2) is 0 Å². The van der Waals surface area contributed by atoms with Crippen molar-refractivity contribution in [2.75, 3.05) is 16.8 Å². The number of benzene rings is 2. The average Bonchev–Trinajstić information content (AvgIpc) is 2.93. The van der Waals surface area contributed by atoms with E-state index in [-0.39, 0.29) is 24.2 Å². The summed E-state index contributed by atoms with van der Waals surface area (Å²) in [7, 11) is 0. The molecule has 1 saturated heterocycles. The quantitative estimate of drug-likeness (QED) is 0.819. The Morgan fingerprint density at radius 1 is 1.29 bits per heavy atom. The van der Waals surface area contributed by atoms with Gasteiger partial charge in [-0.15, -0.1) is 0 Å². The Morgan fingerprint density at radius 2 is 2.04 bits per heavy atom. The minimum atomic E-state index is -0.386. The first kappa shape index (κ1) is 17.0. The molecule has 1 N–H and O–H groups in total. The molecule has 3 rings (SSSR count). The number of carbonyl (C=O) groups is 2. The molecule has 1 unspecified atom stereocenters. The first-order valence-corrected chi connectivity index (χ1v) is 8.74. The van der Waals surface area contributed by atoms with Gasteiger partial charge < -0.3 is 10.2 Å². The van der Waals surface area contributed by atoms with Gasteiger partial charge in [0, 0.05) is 28.1 Å². The maximum absolute atomic E-state index is 12.5. The fourth-order valence-electron chi connectivity index (χ4n) is 2.75. The maximum atomic E-state index is 12.5. The van der Waals surface area contributed by atoms with E-state index >= 15 is 0 Å². The molecule has 1 atom stereocenters. The van der Waals surface area contributed by atoms with E-state index in [9.17, 15) is 9.59 Å². The second kappa shape index (κ2) is 6.95. The highest BCUT2D eigenvalue weighted by atomic mass is 79.9. The smallest absolute Gasteiger partial charge is 0.229 e. The molecule has 0 saturated carbocycles. The van der Waals surface area contributed by atoms with Crippen molar-refractivity contribution in [3.8, 4) is 0 Å². The van der Waals surface area contributed by atoms with Gasteiger partial charge in [-0.2, -0.15) is 0 Å². The number of nitrogens with zero attached hydrogens (tertiary/aromatic N) is 1. The van der Waals surface area contributed by atoms with Gasteiger partial charge in [0.2, 0.25) is 11.8 Å². The zero-order valence-corrected chi connectivity index (χ0v) is 15.4. The van der Waals surface area contributed by atoms with Crippen molar-refractivity contribution in [1.82, 2.24) is 0 Å². The predicted molar refractivity (Wildman–Crippen MR) is 99.4 cm³/mol. The number of aryl methyl sites for hydroxylation is 1. The van der Waals surface area contributed by atoms with Gasteiger partial charge in [0.25, 0.3) is 0 Å². The van der Waals surface area contributed by atoms with E-state index in [1.54, 1.807) is 17.0 Å². The largest absolute Gasteiger partial charge is 0.325 e. The third-order valence-electron chi connectivity index (χ3n) is 4.10. The standard InChI is InChI=1S/C18H16BrClN2O2/c1-11-6-7-13(20)9-15(11)21-18(24)12-8-17(23)22(10-12)16-5-3-2-4-14(16)19/h2-7,9,12H,8,10H2,1H3,(H,21,24). The van der Waals surface area contributed by atoms with E-state index in [1.165, 1.54) is 0 Å². The highest BCUT2D eigenvalue weighted by Crippen LogP contribution is 2.32. The molecule has 1 heterocycles. The minimum absolute atomic E-state index is 0.0510. The average molecular weight is 408 g/mol. The lowest BCUT2D eigenvalue weighted by Crippen LogP contribution is -2.28. The van der Waals surface area contributed by atoms with Crippen LogP contribution in [-0.2, 0) is 9.59 Å². The maximum Gasteiger partial charge on any atom is 0.229 e. The zero-order valence-electron chi connectivity index (χ0n) is 13.1. The number of hydrogen-bond acceptors (Lipinski definition) is 2. The van der Waals surface area contributed by atoms with Crippen LogP contribution in [0.2, 0.25) is 5.02 Å². The van der Waals surface area contributed by atoms with Gasteiger partial charge in [-0.3, -0.25) is 9.59 Å². The molecule has 2 aromatic carbocycles. The van der Waals surface area contributed by atoms with E-state index in [0.717, 1.165) is 15.7 Å². The van der Waals surface area contributed by atoms with Crippen molar-refractivity contribution in [3.05, 3.63) is 57.5 Å². The third-order valence-corrected chi connectivity index (χ3v) is 5.00. The van der Waals surface area contributed by atoms with Gasteiger partial charge in [-0.1, -0.05) is 29.8 Å². The van der Waals surface area contributed by atoms with Crippen LogP contribution in [0.5, 0.6) is 0 Å². The molecule has 2 amide bonds. The Hall–Kier alpha value is -1.85. The molecule has 0 spiro atoms. The Balaban J connectivity index is 1.75. The first-order chi connectivity index (χ1) is 11.5. The molecule has 6 heteroatoms. The minimum Gasteiger partial charge on any atom is -0.325 e. The van der Waals surface area contributed by atoms with E-state index in [4.69, 9.17) is 11.6 Å². The topological polar surface area (TPSA) is 49.4 Å². The molecule has 0 aliphatic carbocycles. The molecule has 4 nitrogen and oxygen atoms in total. The molecular weight excluding hydrogens is 392 g/mol. The number of para-hydroxylation sites is 1. The van der Waals surface area contributed by atoms with Gasteiger partial charge in [0.05, 0.1) is 11.6 Å². The number of halogens is 2. The second-order valence-electron chi connectivity index (χ2n) is 5.81. The van der Waals surface area contributed by atoms with Crippen molar-refractivity contribution in [2.45, 2.75) is 13.3 Å². The Bertz CT molecular complexity index is 809. The molecule has 124 valence electrons. The van der Waals surface area contributed by atoms with Crippen LogP contribution in [0.4, 0.5) is 11.4 Å². The van der Waals surface area contributed by atoms with Crippen LogP contribution in [0.1, 0.15) is 12.0 Å². The Labute approximate surface area is 153 Å². The molecule has 2 aromatic rings. The van der Waals surface area contributed by atoms with Crippen molar-refractivity contribution < 1.29 is 9.59 Å². The van der Waals surface area contributed by atoms with Crippen LogP contribution < -0.4 is 10.2 Å². The fourth-order valence-corrected chi connectivity index (χ4v) is 3.42. The van der Waals surface area contributed by atoms with Crippen LogP contribution >= 0.6 is 27.5 Å². The third kappa shape index (κ3) is 3.47. The Kier molecular flexibility index (Phi) is 4.92. The van der Waals surface area contributed by atoms with Gasteiger partial charge >= 0.3 is 0 Å². The number of anilines is 2. The van der Waals surface area contributed by atoms with Crippen molar-refractivity contribution in [3.63, 3.8) is 0 Å². The molecule has 0 radical (unpaired) electrons. The van der Waals surface area contributed by atoms with Crippen molar-refractivity contribution >= 4 is 50.7 Å². The summed E-state index contributed by atoms with van der Waals surface area (Å²) >= 11 is 9.44. The second-order valence-corrected chi connectivity index (χ2v) is 7.10. The zero-order chi connectivity index (χ0) is 17.3. The summed E-state index contributed by atoms with van der Waals surface area (Å²) in [6, 6.07) is 12.9. The number of nitrogens with one attached hydrogen (secondary N) is 1. The summed E-state index contributed by atoms with van der Waals surface area (Å²) in [5.41, 5.74) is 2.40. The number of rotatable bonds is 3. The summed E-state index contributed by atoms with van der Waals surface area (Å²) in [6.07, 6.45) is 0.201. The number of hydrogen-bond donors (Lipinski definition) is 1. The normalized spacial score (nSPS) is 17.2. The molecule has 1 aliphatic rings. The van der Waals surface area contributed by atoms with Gasteiger partial charge in [-0.25, -0.2) is 0 Å². The van der Waals surface area contributed by atoms with E-state index in [0.29, 0.717) is 17.3 Å². The van der Waals surface area contributed by atoms with Crippen LogP contribution in [0.15, 0.2) is 46.9 Å². The molecular formula is C18H16BrClN2O2. The van der Waals surface area contributed by atoms with Crippen molar-refractivity contribution in [1.29, 1.82) is 0 Å². The molecule has 1 fully saturated rings. The van der Waals surface area contributed by atoms with Crippen molar-refractivity contribution in [2.24, 2.45) is 5.92 Å². The SMILES string of the molecule is Cc1ccc(Cl)cc1NC(=O)C1CC(=O)N(c2ccccc2Br)C1. The summed E-state index contributed by atoms with van der Waals surface area (Å²) in [4.78, 5) is 26.5. The van der Waals surface area contributed by atoms with E-state index in [1.807, 2.05) is 37.3 Å². The highest BCUT2D eigenvalue weighted by Gasteiger charge is 2.35. The van der Waals surface area contributed by atoms with Gasteiger partial charge in [-0.05, 0) is 52.7 Å². The van der Waals surface area contributed by atoms with Crippen LogP contribution in [-0.4, -0.2) is 18.4 Å². The molecule has 24 heavy (non-hydrogen) atoms. The lowest BCUT2D eigenvalue weighted by molar-refractivity contribution is -0.122. The summed E-state index contributed by atoms with van der Waals surface area (Å²) in [5, 5.41) is 3.45. The van der Waals surface area contributed by atoms with Gasteiger partial charge in [0.1, 0.15) is 0 Å². The fraction of sp³-hybridized carbons (Fsp3) is 0.222. The highest BCUT2D eigenvalue weighted by molar-refractivity contribution is 9.10. The summed E-state index contributed by atoms with van der Waals surface area (Å²) in [5.74, 6) is -0.601. The first-order valence-electron chi connectivity index (χ1n) is 7.57. The van der Waals surface area contributed by atoms with Crippen LogP contribution in [0, 0.1) is 12.8 Å². The number of amides is 2. The predicted octanol–water partition coefficient (Wildman–Crippen LogP) is 4.40. The van der Waals surface area contributed by atoms with E-state index < -0.39 is 0 Å². The molecule has 0 aromatic heterocycles. The summed E-state index contributed by atoms with van der Waals surface area (Å²) < 4.78 is 0.838. The lowest BCUT2D eigenvalue weighted by Gasteiger charge is -2.18. The Morgan fingerprint density at radius 3 is 2.79 bits per heavy atom. The van der Waals surface area contributed by atoms with E-state index in [2.05, 4.69) is 21.2 Å². The lowest BCUT2D eigenvalue weighted by atomic mass is 10.1. The molecule has 0 bridgehead atoms. The monoisotopic (exact) mass is 406 g/mol. The number of carbonyl (C=O) groups excluding carboxylic acids is 2.